The number of hydrogen-bond acceptors (Lipinski definition) is 4. The van der Waals surface area contributed by atoms with E-state index in [2.05, 4.69) is 26.8 Å². The van der Waals surface area contributed by atoms with Gasteiger partial charge in [-0.2, -0.15) is 0 Å². The zero-order valence-electron chi connectivity index (χ0n) is 15.6. The van der Waals surface area contributed by atoms with E-state index in [1.54, 1.807) is 0 Å². The normalized spacial score (nSPS) is 15.4. The maximum Gasteiger partial charge on any atom is 0.225 e. The fourth-order valence-electron chi connectivity index (χ4n) is 3.68. The zero-order chi connectivity index (χ0) is 18.6. The van der Waals surface area contributed by atoms with E-state index in [1.165, 1.54) is 19.3 Å². The molecule has 5 nitrogen and oxygen atoms in total. The molecule has 0 bridgehead atoms. The Labute approximate surface area is 158 Å². The number of rotatable bonds is 6. The third-order valence-corrected chi connectivity index (χ3v) is 5.36. The minimum Gasteiger partial charge on any atom is -0.491 e. The molecule has 1 fully saturated rings. The van der Waals surface area contributed by atoms with Crippen molar-refractivity contribution in [3.63, 3.8) is 0 Å². The van der Waals surface area contributed by atoms with Crippen LogP contribution in [-0.4, -0.2) is 41.3 Å². The molecule has 0 saturated carbocycles. The summed E-state index contributed by atoms with van der Waals surface area (Å²) in [5.74, 6) is 2.32. The Kier molecular flexibility index (Phi) is 5.23. The number of H-pyrrole nitrogens is 1. The number of aromatic nitrogens is 3. The van der Waals surface area contributed by atoms with Gasteiger partial charge in [0.25, 0.3) is 0 Å². The highest BCUT2D eigenvalue weighted by Crippen LogP contribution is 2.28. The largest absolute Gasteiger partial charge is 0.491 e. The Bertz CT molecular complexity index is 885. The van der Waals surface area contributed by atoms with Crippen LogP contribution in [0.15, 0.2) is 36.7 Å². The van der Waals surface area contributed by atoms with Gasteiger partial charge in [-0.25, -0.2) is 14.4 Å². The third-order valence-electron chi connectivity index (χ3n) is 5.36. The first-order valence-electron chi connectivity index (χ1n) is 9.65. The summed E-state index contributed by atoms with van der Waals surface area (Å²) in [5.41, 5.74) is 2.91. The van der Waals surface area contributed by atoms with Crippen molar-refractivity contribution in [1.29, 1.82) is 0 Å². The smallest absolute Gasteiger partial charge is 0.225 e. The number of fused-ring (bicyclic) bond motifs is 1. The van der Waals surface area contributed by atoms with Crippen molar-refractivity contribution in [1.82, 2.24) is 15.0 Å². The molecule has 0 atom stereocenters. The Balaban J connectivity index is 1.50. The quantitative estimate of drug-likeness (QED) is 0.691. The molecule has 2 aromatic heterocycles. The van der Waals surface area contributed by atoms with E-state index < -0.39 is 6.67 Å². The summed E-state index contributed by atoms with van der Waals surface area (Å²) in [6.07, 6.45) is 7.44. The fraction of sp³-hybridized carbons (Fsp3) is 0.429. The van der Waals surface area contributed by atoms with E-state index in [-0.39, 0.29) is 6.61 Å². The average Bonchev–Trinajstić information content (AvgIpc) is 3.16. The third kappa shape index (κ3) is 3.89. The first-order chi connectivity index (χ1) is 13.3. The predicted molar refractivity (Wildman–Crippen MR) is 106 cm³/mol. The molecule has 0 amide bonds. The molecule has 4 rings (SSSR count). The Morgan fingerprint density at radius 3 is 2.67 bits per heavy atom. The van der Waals surface area contributed by atoms with Crippen LogP contribution in [0.3, 0.4) is 0 Å². The van der Waals surface area contributed by atoms with Gasteiger partial charge in [-0.05, 0) is 43.0 Å². The second-order valence-corrected chi connectivity index (χ2v) is 7.08. The second kappa shape index (κ2) is 7.94. The van der Waals surface area contributed by atoms with E-state index in [0.717, 1.165) is 47.1 Å². The zero-order valence-corrected chi connectivity index (χ0v) is 15.6. The second-order valence-electron chi connectivity index (χ2n) is 7.08. The van der Waals surface area contributed by atoms with Crippen molar-refractivity contribution in [2.45, 2.75) is 26.2 Å². The van der Waals surface area contributed by atoms with Crippen molar-refractivity contribution in [2.75, 3.05) is 31.3 Å². The lowest BCUT2D eigenvalue weighted by atomic mass is 9.95. The van der Waals surface area contributed by atoms with Crippen LogP contribution >= 0.6 is 0 Å². The molecule has 3 heterocycles. The molecule has 1 aliphatic rings. The summed E-state index contributed by atoms with van der Waals surface area (Å²) in [6, 6.07) is 7.75. The van der Waals surface area contributed by atoms with Crippen molar-refractivity contribution >= 4 is 16.9 Å². The van der Waals surface area contributed by atoms with Gasteiger partial charge < -0.3 is 14.6 Å². The number of alkyl halides is 1. The fourth-order valence-corrected chi connectivity index (χ4v) is 3.68. The maximum absolute atomic E-state index is 12.3. The average molecular weight is 368 g/mol. The number of ether oxygens (including phenoxy) is 1. The minimum atomic E-state index is -0.490. The van der Waals surface area contributed by atoms with Gasteiger partial charge in [0.1, 0.15) is 19.0 Å². The number of hydrogen-bond donors (Lipinski definition) is 1. The molecule has 1 N–H and O–H groups in total. The number of aromatic amines is 1. The summed E-state index contributed by atoms with van der Waals surface area (Å²) in [7, 11) is 0. The number of benzene rings is 1. The monoisotopic (exact) mass is 368 g/mol. The van der Waals surface area contributed by atoms with Gasteiger partial charge in [0.2, 0.25) is 5.95 Å². The number of nitrogens with one attached hydrogen (secondary N) is 1. The molecular weight excluding hydrogens is 343 g/mol. The number of halogens is 1. The molecule has 0 aliphatic carbocycles. The number of piperidine rings is 1. The van der Waals surface area contributed by atoms with Gasteiger partial charge in [0.05, 0.1) is 0 Å². The van der Waals surface area contributed by atoms with E-state index in [1.807, 2.05) is 36.7 Å². The van der Waals surface area contributed by atoms with Crippen LogP contribution in [0, 0.1) is 5.92 Å². The Morgan fingerprint density at radius 2 is 1.96 bits per heavy atom. The highest BCUT2D eigenvalue weighted by atomic mass is 19.1. The standard InChI is InChI=1S/C21H25FN4O/c1-2-15-5-8-26(9-6-15)21-23-13-17(14-24-21)20-12-16-11-18(27-10-7-22)3-4-19(16)25-20/h3-4,11-15,25H,2,5-10H2,1H3. The highest BCUT2D eigenvalue weighted by Gasteiger charge is 2.19. The number of nitrogens with zero attached hydrogens (tertiary/aromatic N) is 3. The first-order valence-corrected chi connectivity index (χ1v) is 9.65. The van der Waals surface area contributed by atoms with Crippen LogP contribution in [0.5, 0.6) is 5.75 Å². The van der Waals surface area contributed by atoms with Crippen molar-refractivity contribution in [3.05, 3.63) is 36.7 Å². The van der Waals surface area contributed by atoms with Crippen LogP contribution in [0.4, 0.5) is 10.3 Å². The minimum absolute atomic E-state index is 0.0770. The van der Waals surface area contributed by atoms with Crippen molar-refractivity contribution < 1.29 is 9.13 Å². The highest BCUT2D eigenvalue weighted by molar-refractivity contribution is 5.86. The summed E-state index contributed by atoms with van der Waals surface area (Å²) in [4.78, 5) is 14.8. The van der Waals surface area contributed by atoms with Crippen molar-refractivity contribution in [2.24, 2.45) is 5.92 Å². The summed E-state index contributed by atoms with van der Waals surface area (Å²) < 4.78 is 17.6. The van der Waals surface area contributed by atoms with E-state index >= 15 is 0 Å². The van der Waals surface area contributed by atoms with Gasteiger partial charge in [0, 0.05) is 47.6 Å². The van der Waals surface area contributed by atoms with Crippen LogP contribution in [-0.2, 0) is 0 Å². The van der Waals surface area contributed by atoms with Gasteiger partial charge in [-0.15, -0.1) is 0 Å². The molecule has 0 spiro atoms. The van der Waals surface area contributed by atoms with E-state index in [0.29, 0.717) is 5.75 Å². The molecular formula is C21H25FN4O. The molecule has 0 unspecified atom stereocenters. The van der Waals surface area contributed by atoms with E-state index in [4.69, 9.17) is 4.74 Å². The lowest BCUT2D eigenvalue weighted by Gasteiger charge is -2.31. The molecule has 6 heteroatoms. The van der Waals surface area contributed by atoms with Crippen LogP contribution in [0.25, 0.3) is 22.2 Å². The predicted octanol–water partition coefficient (Wildman–Crippen LogP) is 4.60. The Morgan fingerprint density at radius 1 is 1.19 bits per heavy atom. The maximum atomic E-state index is 12.3. The van der Waals surface area contributed by atoms with Gasteiger partial charge in [0.15, 0.2) is 0 Å². The topological polar surface area (TPSA) is 54.0 Å². The SMILES string of the molecule is CCC1CCN(c2ncc(-c3cc4cc(OCCF)ccc4[nH]3)cn2)CC1. The summed E-state index contributed by atoms with van der Waals surface area (Å²) >= 11 is 0. The number of anilines is 1. The molecule has 1 saturated heterocycles. The van der Waals surface area contributed by atoms with E-state index in [9.17, 15) is 4.39 Å². The molecule has 1 aromatic carbocycles. The Hall–Kier alpha value is -2.63. The summed E-state index contributed by atoms with van der Waals surface area (Å²) in [6.45, 7) is 3.92. The van der Waals surface area contributed by atoms with Crippen LogP contribution in [0.1, 0.15) is 26.2 Å². The molecule has 3 aromatic rings. The van der Waals surface area contributed by atoms with Crippen LogP contribution in [0.2, 0.25) is 0 Å². The van der Waals surface area contributed by atoms with Crippen LogP contribution < -0.4 is 9.64 Å². The van der Waals surface area contributed by atoms with Gasteiger partial charge in [-0.1, -0.05) is 13.3 Å². The van der Waals surface area contributed by atoms with Crippen molar-refractivity contribution in [3.8, 4) is 17.0 Å². The molecule has 0 radical (unpaired) electrons. The van der Waals surface area contributed by atoms with Gasteiger partial charge in [-0.3, -0.25) is 0 Å². The lowest BCUT2D eigenvalue weighted by molar-refractivity contribution is 0.273. The molecule has 142 valence electrons. The first kappa shape index (κ1) is 17.8. The molecule has 27 heavy (non-hydrogen) atoms. The summed E-state index contributed by atoms with van der Waals surface area (Å²) in [5, 5.41) is 1.02. The van der Waals surface area contributed by atoms with Gasteiger partial charge >= 0.3 is 0 Å². The lowest BCUT2D eigenvalue weighted by Crippen LogP contribution is -2.34. The molecule has 1 aliphatic heterocycles.